The summed E-state index contributed by atoms with van der Waals surface area (Å²) in [4.78, 5) is 0. The Morgan fingerprint density at radius 3 is 1.78 bits per heavy atom. The molecule has 0 aromatic heterocycles. The Morgan fingerprint density at radius 2 is 1.67 bits per heavy atom. The van der Waals surface area contributed by atoms with Crippen LogP contribution >= 0.6 is 0 Å². The van der Waals surface area contributed by atoms with Crippen LogP contribution in [0.25, 0.3) is 0 Å². The third-order valence-corrected chi connectivity index (χ3v) is 1.45. The zero-order chi connectivity index (χ0) is 7.33. The van der Waals surface area contributed by atoms with Crippen molar-refractivity contribution in [1.82, 2.24) is 0 Å². The van der Waals surface area contributed by atoms with E-state index in [4.69, 9.17) is 10.2 Å². The van der Waals surface area contributed by atoms with Crippen molar-refractivity contribution in [2.24, 2.45) is 0 Å². The summed E-state index contributed by atoms with van der Waals surface area (Å²) in [6, 6.07) is 0. The first-order valence-corrected chi connectivity index (χ1v) is 3.24. The molecule has 0 rings (SSSR count). The van der Waals surface area contributed by atoms with Crippen molar-refractivity contribution in [1.29, 1.82) is 0 Å². The lowest BCUT2D eigenvalue weighted by atomic mass is 10.4. The normalized spacial score (nSPS) is 12.0. The predicted octanol–water partition coefficient (Wildman–Crippen LogP) is -0.257. The molecule has 2 N–H and O–H groups in total. The van der Waals surface area contributed by atoms with Crippen LogP contribution in [0.15, 0.2) is 0 Å². The Balaban J connectivity index is 3.62. The Kier molecular flexibility index (Phi) is 3.77. The van der Waals surface area contributed by atoms with Crippen molar-refractivity contribution in [2.45, 2.75) is 13.3 Å². The first-order chi connectivity index (χ1) is 4.18. The third-order valence-electron chi connectivity index (χ3n) is 1.45. The van der Waals surface area contributed by atoms with E-state index >= 15 is 0 Å². The molecule has 3 nitrogen and oxygen atoms in total. The van der Waals surface area contributed by atoms with Crippen LogP contribution in [0.4, 0.5) is 0 Å². The molecule has 0 aromatic rings. The third kappa shape index (κ3) is 2.79. The highest BCUT2D eigenvalue weighted by atomic mass is 16.3. The van der Waals surface area contributed by atoms with Gasteiger partial charge in [0.2, 0.25) is 0 Å². The van der Waals surface area contributed by atoms with Gasteiger partial charge in [-0.05, 0) is 6.42 Å². The minimum atomic E-state index is 0.0182. The fraction of sp³-hybridized carbons (Fsp3) is 1.00. The van der Waals surface area contributed by atoms with E-state index in [0.29, 0.717) is 4.48 Å². The highest BCUT2D eigenvalue weighted by Gasteiger charge is 2.15. The van der Waals surface area contributed by atoms with Gasteiger partial charge in [-0.25, -0.2) is 0 Å². The summed E-state index contributed by atoms with van der Waals surface area (Å²) in [6.45, 7) is 2.89. The van der Waals surface area contributed by atoms with Crippen molar-refractivity contribution >= 4 is 0 Å². The van der Waals surface area contributed by atoms with Crippen LogP contribution in [0.1, 0.15) is 13.3 Å². The molecule has 0 aliphatic carbocycles. The van der Waals surface area contributed by atoms with Gasteiger partial charge in [0, 0.05) is 0 Å². The molecular formula is C6H16NO2+. The van der Waals surface area contributed by atoms with Gasteiger partial charge in [0.05, 0.1) is 13.6 Å². The number of hydrogen-bond acceptors (Lipinski definition) is 2. The first kappa shape index (κ1) is 8.88. The van der Waals surface area contributed by atoms with Crippen LogP contribution in [0.3, 0.4) is 0 Å². The average molecular weight is 134 g/mol. The summed E-state index contributed by atoms with van der Waals surface area (Å²) < 4.78 is 0.344. The maximum Gasteiger partial charge on any atom is 0.181 e. The lowest BCUT2D eigenvalue weighted by molar-refractivity contribution is -0.944. The summed E-state index contributed by atoms with van der Waals surface area (Å²) in [5.41, 5.74) is 0. The van der Waals surface area contributed by atoms with Gasteiger partial charge in [0.15, 0.2) is 13.5 Å². The zero-order valence-electron chi connectivity index (χ0n) is 6.17. The van der Waals surface area contributed by atoms with E-state index in [-0.39, 0.29) is 13.5 Å². The standard InChI is InChI=1S/C6H16NO2/c1-3-4-7(2,5-8)6-9/h8-9H,3-6H2,1-2H3/q+1. The number of rotatable bonds is 4. The van der Waals surface area contributed by atoms with Crippen molar-refractivity contribution in [2.75, 3.05) is 27.1 Å². The molecule has 3 heteroatoms. The molecular weight excluding hydrogens is 118 g/mol. The van der Waals surface area contributed by atoms with Gasteiger partial charge in [0.25, 0.3) is 0 Å². The van der Waals surface area contributed by atoms with Crippen molar-refractivity contribution in [3.63, 3.8) is 0 Å². The highest BCUT2D eigenvalue weighted by molar-refractivity contribution is 4.24. The molecule has 0 aliphatic rings. The van der Waals surface area contributed by atoms with E-state index in [0.717, 1.165) is 13.0 Å². The van der Waals surface area contributed by atoms with Crippen molar-refractivity contribution in [3.05, 3.63) is 0 Å². The molecule has 0 saturated heterocycles. The first-order valence-electron chi connectivity index (χ1n) is 3.24. The minimum absolute atomic E-state index is 0.0182. The quantitative estimate of drug-likeness (QED) is 0.411. The molecule has 0 saturated carbocycles. The molecule has 9 heavy (non-hydrogen) atoms. The van der Waals surface area contributed by atoms with Crippen molar-refractivity contribution in [3.8, 4) is 0 Å². The molecule has 0 spiro atoms. The minimum Gasteiger partial charge on any atom is -0.347 e. The van der Waals surface area contributed by atoms with Crippen molar-refractivity contribution < 1.29 is 14.7 Å². The maximum absolute atomic E-state index is 8.73. The lowest BCUT2D eigenvalue weighted by Crippen LogP contribution is -2.45. The number of quaternary nitrogens is 1. The summed E-state index contributed by atoms with van der Waals surface area (Å²) in [7, 11) is 1.82. The van der Waals surface area contributed by atoms with Crippen LogP contribution < -0.4 is 0 Å². The summed E-state index contributed by atoms with van der Waals surface area (Å²) in [6.07, 6.45) is 0.984. The van der Waals surface area contributed by atoms with Crippen LogP contribution in [0.5, 0.6) is 0 Å². The summed E-state index contributed by atoms with van der Waals surface area (Å²) >= 11 is 0. The molecule has 0 fully saturated rings. The topological polar surface area (TPSA) is 40.5 Å². The van der Waals surface area contributed by atoms with Crippen LogP contribution in [0, 0.1) is 0 Å². The van der Waals surface area contributed by atoms with Gasteiger partial charge < -0.3 is 10.2 Å². The molecule has 0 amide bonds. The Bertz CT molecular complexity index is 71.5. The monoisotopic (exact) mass is 134 g/mol. The van der Waals surface area contributed by atoms with Crippen LogP contribution in [-0.4, -0.2) is 41.8 Å². The molecule has 0 bridgehead atoms. The number of hydrogen-bond donors (Lipinski definition) is 2. The maximum atomic E-state index is 8.73. The van der Waals surface area contributed by atoms with E-state index in [2.05, 4.69) is 0 Å². The van der Waals surface area contributed by atoms with Crippen LogP contribution in [-0.2, 0) is 0 Å². The average Bonchev–Trinajstić information content (AvgIpc) is 1.89. The Labute approximate surface area is 56.1 Å². The highest BCUT2D eigenvalue weighted by Crippen LogP contribution is 1.98. The summed E-state index contributed by atoms with van der Waals surface area (Å²) in [5, 5.41) is 17.5. The second-order valence-corrected chi connectivity index (χ2v) is 2.63. The molecule has 0 aromatic carbocycles. The number of nitrogens with zero attached hydrogens (tertiary/aromatic N) is 1. The van der Waals surface area contributed by atoms with E-state index < -0.39 is 0 Å². The van der Waals surface area contributed by atoms with Gasteiger partial charge in [-0.15, -0.1) is 0 Å². The number of aliphatic hydroxyl groups is 2. The number of aliphatic hydroxyl groups excluding tert-OH is 2. The zero-order valence-corrected chi connectivity index (χ0v) is 6.17. The Morgan fingerprint density at radius 1 is 1.22 bits per heavy atom. The van der Waals surface area contributed by atoms with E-state index in [9.17, 15) is 0 Å². The van der Waals surface area contributed by atoms with E-state index in [1.54, 1.807) is 0 Å². The second kappa shape index (κ2) is 3.82. The smallest absolute Gasteiger partial charge is 0.181 e. The summed E-state index contributed by atoms with van der Waals surface area (Å²) in [5.74, 6) is 0. The molecule has 56 valence electrons. The molecule has 0 unspecified atom stereocenters. The largest absolute Gasteiger partial charge is 0.347 e. The fourth-order valence-electron chi connectivity index (χ4n) is 0.726. The van der Waals surface area contributed by atoms with Gasteiger partial charge in [-0.3, -0.25) is 4.48 Å². The molecule has 0 aliphatic heterocycles. The Hall–Kier alpha value is -0.120. The SMILES string of the molecule is CCC[N+](C)(CO)CO. The molecule has 0 heterocycles. The van der Waals surface area contributed by atoms with E-state index in [1.165, 1.54) is 0 Å². The fourth-order valence-corrected chi connectivity index (χ4v) is 0.726. The van der Waals surface area contributed by atoms with Gasteiger partial charge in [-0.2, -0.15) is 0 Å². The molecule has 0 radical (unpaired) electrons. The van der Waals surface area contributed by atoms with E-state index in [1.807, 2.05) is 14.0 Å². The molecule has 0 atom stereocenters. The lowest BCUT2D eigenvalue weighted by Gasteiger charge is -2.28. The van der Waals surface area contributed by atoms with Gasteiger partial charge >= 0.3 is 0 Å². The van der Waals surface area contributed by atoms with Crippen LogP contribution in [0.2, 0.25) is 0 Å². The second-order valence-electron chi connectivity index (χ2n) is 2.63. The van der Waals surface area contributed by atoms with Gasteiger partial charge in [0.1, 0.15) is 0 Å². The van der Waals surface area contributed by atoms with Gasteiger partial charge in [-0.1, -0.05) is 6.92 Å². The predicted molar refractivity (Wildman–Crippen MR) is 35.5 cm³/mol.